The summed E-state index contributed by atoms with van der Waals surface area (Å²) in [6.45, 7) is 0. The van der Waals surface area contributed by atoms with Crippen LogP contribution < -0.4 is 14.8 Å². The quantitative estimate of drug-likeness (QED) is 0.575. The van der Waals surface area contributed by atoms with E-state index in [4.69, 9.17) is 14.0 Å². The molecule has 0 aliphatic heterocycles. The Kier molecular flexibility index (Phi) is 3.42. The van der Waals surface area contributed by atoms with E-state index >= 15 is 0 Å². The molecule has 0 saturated heterocycles. The second kappa shape index (κ2) is 5.74. The number of aromatic amines is 1. The third-order valence-electron chi connectivity index (χ3n) is 3.74. The van der Waals surface area contributed by atoms with Crippen molar-refractivity contribution in [2.45, 2.75) is 0 Å². The van der Waals surface area contributed by atoms with E-state index < -0.39 is 5.91 Å². The van der Waals surface area contributed by atoms with E-state index in [9.17, 15) is 4.79 Å². The van der Waals surface area contributed by atoms with Gasteiger partial charge in [0.1, 0.15) is 0 Å². The molecule has 10 nitrogen and oxygen atoms in total. The summed E-state index contributed by atoms with van der Waals surface area (Å²) in [4.78, 5) is 12.3. The average molecular weight is 340 g/mol. The summed E-state index contributed by atoms with van der Waals surface area (Å²) < 4.78 is 16.0. The van der Waals surface area contributed by atoms with Crippen molar-refractivity contribution in [3.8, 4) is 11.5 Å². The molecule has 0 aliphatic carbocycles. The maximum atomic E-state index is 12.3. The Morgan fingerprint density at radius 1 is 1.16 bits per heavy atom. The van der Waals surface area contributed by atoms with Gasteiger partial charge in [0.05, 0.1) is 19.6 Å². The zero-order valence-corrected chi connectivity index (χ0v) is 13.2. The number of amides is 1. The lowest BCUT2D eigenvalue weighted by Gasteiger charge is -2.09. The van der Waals surface area contributed by atoms with E-state index in [1.54, 1.807) is 26.4 Å². The molecule has 4 rings (SSSR count). The molecule has 1 amide bonds. The van der Waals surface area contributed by atoms with Gasteiger partial charge in [0.15, 0.2) is 22.8 Å². The second-order valence-corrected chi connectivity index (χ2v) is 5.09. The predicted octanol–water partition coefficient (Wildman–Crippen LogP) is 1.76. The molecule has 2 heterocycles. The van der Waals surface area contributed by atoms with E-state index in [1.807, 2.05) is 12.1 Å². The fraction of sp³-hybridized carbons (Fsp3) is 0.133. The van der Waals surface area contributed by atoms with Crippen molar-refractivity contribution in [2.75, 3.05) is 19.5 Å². The molecule has 126 valence electrons. The Morgan fingerprint density at radius 3 is 2.68 bits per heavy atom. The third-order valence-corrected chi connectivity index (χ3v) is 3.74. The monoisotopic (exact) mass is 340 g/mol. The Labute approximate surface area is 140 Å². The SMILES string of the molecule is COc1cc2ccc3c(C(=O)Nc4nn[nH]n4)noc3c2cc1OC. The number of carbonyl (C=O) groups excluding carboxylic acids is 1. The first-order valence-corrected chi connectivity index (χ1v) is 7.20. The standard InChI is InChI=1S/C15H12N6O4/c1-23-10-5-7-3-4-8-12(14(22)16-15-17-20-21-18-15)19-25-13(8)9(7)6-11(10)24-2/h3-6H,1-2H3,(H2,16,17,18,20,21,22). The lowest BCUT2D eigenvalue weighted by molar-refractivity contribution is 0.101. The number of anilines is 1. The number of methoxy groups -OCH3 is 2. The van der Waals surface area contributed by atoms with Gasteiger partial charge in [-0.2, -0.15) is 5.21 Å². The number of H-pyrrole nitrogens is 1. The van der Waals surface area contributed by atoms with Gasteiger partial charge in [0.2, 0.25) is 0 Å². The highest BCUT2D eigenvalue weighted by atomic mass is 16.5. The average Bonchev–Trinajstić information content (AvgIpc) is 3.29. The molecule has 0 radical (unpaired) electrons. The van der Waals surface area contributed by atoms with Crippen molar-refractivity contribution in [1.29, 1.82) is 0 Å². The molecule has 0 atom stereocenters. The summed E-state index contributed by atoms with van der Waals surface area (Å²) in [7, 11) is 3.12. The molecular weight excluding hydrogens is 328 g/mol. The number of tetrazole rings is 1. The first kappa shape index (κ1) is 14.9. The molecule has 25 heavy (non-hydrogen) atoms. The van der Waals surface area contributed by atoms with Crippen LogP contribution in [0, 0.1) is 0 Å². The number of ether oxygens (including phenoxy) is 2. The number of rotatable bonds is 4. The fourth-order valence-corrected chi connectivity index (χ4v) is 2.59. The first-order valence-electron chi connectivity index (χ1n) is 7.20. The van der Waals surface area contributed by atoms with Crippen LogP contribution in [-0.4, -0.2) is 45.9 Å². The van der Waals surface area contributed by atoms with Crippen molar-refractivity contribution in [1.82, 2.24) is 25.8 Å². The van der Waals surface area contributed by atoms with Crippen molar-refractivity contribution in [3.05, 3.63) is 30.0 Å². The van der Waals surface area contributed by atoms with E-state index in [0.29, 0.717) is 22.5 Å². The number of hydrogen-bond acceptors (Lipinski definition) is 8. The van der Waals surface area contributed by atoms with Gasteiger partial charge in [-0.3, -0.25) is 10.1 Å². The Morgan fingerprint density at radius 2 is 1.96 bits per heavy atom. The molecule has 0 bridgehead atoms. The molecule has 4 aromatic rings. The van der Waals surface area contributed by atoms with E-state index in [2.05, 4.69) is 31.1 Å². The highest BCUT2D eigenvalue weighted by molar-refractivity contribution is 6.15. The van der Waals surface area contributed by atoms with Crippen LogP contribution in [0.25, 0.3) is 21.7 Å². The molecule has 10 heteroatoms. The highest BCUT2D eigenvalue weighted by Crippen LogP contribution is 2.36. The first-order chi connectivity index (χ1) is 12.2. The van der Waals surface area contributed by atoms with Crippen molar-refractivity contribution < 1.29 is 18.8 Å². The number of nitrogens with one attached hydrogen (secondary N) is 2. The zero-order valence-electron chi connectivity index (χ0n) is 13.2. The Hall–Kier alpha value is -3.69. The second-order valence-electron chi connectivity index (χ2n) is 5.09. The lowest BCUT2D eigenvalue weighted by Crippen LogP contribution is -2.13. The van der Waals surface area contributed by atoms with Gasteiger partial charge in [-0.15, -0.1) is 5.10 Å². The summed E-state index contributed by atoms with van der Waals surface area (Å²) in [6, 6.07) is 7.21. The summed E-state index contributed by atoms with van der Waals surface area (Å²) >= 11 is 0. The molecule has 0 unspecified atom stereocenters. The summed E-state index contributed by atoms with van der Waals surface area (Å²) in [5.74, 6) is 0.703. The van der Waals surface area contributed by atoms with Crippen LogP contribution >= 0.6 is 0 Å². The third kappa shape index (κ3) is 2.40. The minimum atomic E-state index is -0.500. The van der Waals surface area contributed by atoms with E-state index in [1.165, 1.54) is 0 Å². The van der Waals surface area contributed by atoms with Crippen LogP contribution in [-0.2, 0) is 0 Å². The van der Waals surface area contributed by atoms with Crippen LogP contribution in [0.2, 0.25) is 0 Å². The van der Waals surface area contributed by atoms with Crippen molar-refractivity contribution >= 4 is 33.6 Å². The normalized spacial score (nSPS) is 11.0. The van der Waals surface area contributed by atoms with E-state index in [-0.39, 0.29) is 11.6 Å². The fourth-order valence-electron chi connectivity index (χ4n) is 2.59. The number of fused-ring (bicyclic) bond motifs is 3. The smallest absolute Gasteiger partial charge is 0.280 e. The van der Waals surface area contributed by atoms with Crippen LogP contribution in [0.3, 0.4) is 0 Å². The minimum Gasteiger partial charge on any atom is -0.493 e. The molecule has 2 aromatic carbocycles. The lowest BCUT2D eigenvalue weighted by atomic mass is 10.1. The van der Waals surface area contributed by atoms with Gasteiger partial charge in [-0.05, 0) is 28.8 Å². The number of hydrogen-bond donors (Lipinski definition) is 2. The largest absolute Gasteiger partial charge is 0.493 e. The number of nitrogens with zero attached hydrogens (tertiary/aromatic N) is 4. The van der Waals surface area contributed by atoms with Gasteiger partial charge < -0.3 is 14.0 Å². The maximum absolute atomic E-state index is 12.3. The van der Waals surface area contributed by atoms with Crippen LogP contribution in [0.4, 0.5) is 5.95 Å². The van der Waals surface area contributed by atoms with Crippen molar-refractivity contribution in [2.24, 2.45) is 0 Å². The number of carbonyl (C=O) groups is 1. The van der Waals surface area contributed by atoms with E-state index in [0.717, 1.165) is 10.8 Å². The van der Waals surface area contributed by atoms with Gasteiger partial charge >= 0.3 is 0 Å². The Balaban J connectivity index is 1.83. The summed E-state index contributed by atoms with van der Waals surface area (Å²) in [5.41, 5.74) is 0.591. The van der Waals surface area contributed by atoms with Gasteiger partial charge in [-0.1, -0.05) is 16.3 Å². The highest BCUT2D eigenvalue weighted by Gasteiger charge is 2.20. The van der Waals surface area contributed by atoms with Crippen LogP contribution in [0.1, 0.15) is 10.5 Å². The molecule has 0 spiro atoms. The van der Waals surface area contributed by atoms with Crippen molar-refractivity contribution in [3.63, 3.8) is 0 Å². The molecular formula is C15H12N6O4. The molecule has 0 saturated carbocycles. The van der Waals surface area contributed by atoms with Gasteiger partial charge in [0.25, 0.3) is 11.9 Å². The van der Waals surface area contributed by atoms with Gasteiger partial charge in [-0.25, -0.2) is 0 Å². The molecule has 0 fully saturated rings. The predicted molar refractivity (Wildman–Crippen MR) is 86.7 cm³/mol. The maximum Gasteiger partial charge on any atom is 0.280 e. The number of benzene rings is 2. The molecule has 2 aromatic heterocycles. The molecule has 0 aliphatic rings. The summed E-state index contributed by atoms with van der Waals surface area (Å²) in [6.07, 6.45) is 0. The molecule has 2 N–H and O–H groups in total. The summed E-state index contributed by atoms with van der Waals surface area (Å²) in [5, 5.41) is 21.5. The zero-order chi connectivity index (χ0) is 17.4. The van der Waals surface area contributed by atoms with Gasteiger partial charge in [0, 0.05) is 5.39 Å². The Bertz CT molecular complexity index is 1070. The number of aromatic nitrogens is 5. The minimum absolute atomic E-state index is 0.0494. The topological polar surface area (TPSA) is 128 Å². The van der Waals surface area contributed by atoms with Crippen LogP contribution in [0.15, 0.2) is 28.8 Å². The van der Waals surface area contributed by atoms with Crippen LogP contribution in [0.5, 0.6) is 11.5 Å².